The summed E-state index contributed by atoms with van der Waals surface area (Å²) in [5, 5.41) is 4.19. The van der Waals surface area contributed by atoms with Crippen molar-refractivity contribution in [3.05, 3.63) is 90.7 Å². The molecule has 0 aliphatic rings. The number of carbonyl (C=O) groups is 1. The molecule has 212 valence electrons. The maximum Gasteiger partial charge on any atom is 0.330 e. The lowest BCUT2D eigenvalue weighted by atomic mass is 10.0. The van der Waals surface area contributed by atoms with E-state index in [1.54, 1.807) is 32.2 Å². The van der Waals surface area contributed by atoms with E-state index in [2.05, 4.69) is 5.32 Å². The van der Waals surface area contributed by atoms with Gasteiger partial charge in [0.25, 0.3) is 5.56 Å². The number of carbonyl (C=O) groups excluding carboxylic acids is 1. The monoisotopic (exact) mass is 579 g/mol. The van der Waals surface area contributed by atoms with Gasteiger partial charge in [-0.2, -0.15) is 0 Å². The summed E-state index contributed by atoms with van der Waals surface area (Å²) in [5.74, 6) is 0.628. The van der Waals surface area contributed by atoms with Crippen molar-refractivity contribution in [3.8, 4) is 11.5 Å². The van der Waals surface area contributed by atoms with Gasteiger partial charge in [-0.05, 0) is 42.3 Å². The number of rotatable bonds is 12. The van der Waals surface area contributed by atoms with Crippen LogP contribution in [-0.2, 0) is 29.7 Å². The molecule has 1 N–H and O–H groups in total. The number of hydrogen-bond donors (Lipinski definition) is 1. The van der Waals surface area contributed by atoms with Crippen LogP contribution in [0.25, 0.3) is 0 Å². The van der Waals surface area contributed by atoms with Crippen molar-refractivity contribution in [2.75, 3.05) is 20.3 Å². The van der Waals surface area contributed by atoms with E-state index in [0.29, 0.717) is 34.7 Å². The van der Waals surface area contributed by atoms with Crippen molar-refractivity contribution in [3.63, 3.8) is 0 Å². The quantitative estimate of drug-likeness (QED) is 0.309. The molecule has 0 saturated carbocycles. The Hall–Kier alpha value is -3.27. The summed E-state index contributed by atoms with van der Waals surface area (Å²) in [6.07, 6.45) is 1.54. The molecule has 0 amide bonds. The molecule has 0 saturated heterocycles. The van der Waals surface area contributed by atoms with Gasteiger partial charge in [0.05, 0.1) is 36.7 Å². The fourth-order valence-electron chi connectivity index (χ4n) is 3.67. The van der Waals surface area contributed by atoms with Crippen molar-refractivity contribution >= 4 is 29.2 Å². The summed E-state index contributed by atoms with van der Waals surface area (Å²) in [4.78, 5) is 36.4. The molecule has 3 aromatic rings. The van der Waals surface area contributed by atoms with E-state index in [4.69, 9.17) is 37.4 Å². The van der Waals surface area contributed by atoms with Crippen molar-refractivity contribution in [1.29, 1.82) is 0 Å². The average molecular weight is 581 g/mol. The van der Waals surface area contributed by atoms with E-state index in [-0.39, 0.29) is 37.1 Å². The Morgan fingerprint density at radius 3 is 2.44 bits per heavy atom. The predicted molar refractivity (Wildman–Crippen MR) is 153 cm³/mol. The molecular formula is C28H35Cl2N3O6. The van der Waals surface area contributed by atoms with Crippen molar-refractivity contribution in [1.82, 2.24) is 14.5 Å². The lowest BCUT2D eigenvalue weighted by Gasteiger charge is -2.20. The van der Waals surface area contributed by atoms with Crippen LogP contribution >= 0.6 is 23.2 Å². The van der Waals surface area contributed by atoms with Gasteiger partial charge in [0.2, 0.25) is 0 Å². The average Bonchev–Trinajstić information content (AvgIpc) is 2.93. The Morgan fingerprint density at radius 1 is 1.03 bits per heavy atom. The molecule has 9 nitrogen and oxygen atoms in total. The fourth-order valence-corrected chi connectivity index (χ4v) is 3.98. The van der Waals surface area contributed by atoms with Crippen LogP contribution in [0.5, 0.6) is 11.5 Å². The molecule has 3 rings (SSSR count). The minimum atomic E-state index is -0.413. The van der Waals surface area contributed by atoms with Crippen LogP contribution in [-0.4, -0.2) is 35.4 Å². The minimum Gasteiger partial charge on any atom is -0.493 e. The molecule has 39 heavy (non-hydrogen) atoms. The molecule has 0 radical (unpaired) electrons. The molecule has 0 spiro atoms. The van der Waals surface area contributed by atoms with Crippen LogP contribution < -0.4 is 26.0 Å². The highest BCUT2D eigenvalue weighted by atomic mass is 35.5. The fraction of sp³-hybridized carbons (Fsp3) is 0.393. The first-order valence-electron chi connectivity index (χ1n) is 12.6. The molecule has 1 aromatic heterocycles. The van der Waals surface area contributed by atoms with Crippen molar-refractivity contribution in [2.24, 2.45) is 7.05 Å². The number of benzene rings is 2. The number of nitrogens with one attached hydrogen (secondary N) is 1. The summed E-state index contributed by atoms with van der Waals surface area (Å²) in [7, 11) is 3.10. The van der Waals surface area contributed by atoms with Gasteiger partial charge in [-0.15, -0.1) is 0 Å². The van der Waals surface area contributed by atoms with Gasteiger partial charge in [0.1, 0.15) is 6.61 Å². The molecule has 0 aliphatic heterocycles. The van der Waals surface area contributed by atoms with Gasteiger partial charge in [-0.25, -0.2) is 4.79 Å². The van der Waals surface area contributed by atoms with E-state index in [1.807, 2.05) is 32.0 Å². The smallest absolute Gasteiger partial charge is 0.330 e. The Labute approximate surface area is 238 Å². The van der Waals surface area contributed by atoms with Crippen LogP contribution in [0.15, 0.2) is 58.3 Å². The second kappa shape index (κ2) is 16.0. The molecule has 2 aromatic carbocycles. The second-order valence-corrected chi connectivity index (χ2v) is 8.96. The minimum absolute atomic E-state index is 0.0952. The highest BCUT2D eigenvalue weighted by Crippen LogP contribution is 2.30. The molecule has 1 unspecified atom stereocenters. The summed E-state index contributed by atoms with van der Waals surface area (Å²) in [6.45, 7) is 6.66. The Balaban J connectivity index is 0.00000260. The number of aromatic nitrogens is 2. The van der Waals surface area contributed by atoms with Crippen molar-refractivity contribution < 1.29 is 19.0 Å². The SMILES string of the molecule is CC.CCOC(=O)CC(NCc1ccc(OCCn2c(=O)ccn(C)c2=O)c(OC)c1)c1ccc(Cl)c(Cl)c1. The number of esters is 1. The maximum absolute atomic E-state index is 12.2. The second-order valence-electron chi connectivity index (χ2n) is 8.15. The maximum atomic E-state index is 12.2. The van der Waals surface area contributed by atoms with Gasteiger partial charge < -0.3 is 24.1 Å². The van der Waals surface area contributed by atoms with Crippen molar-refractivity contribution in [2.45, 2.75) is 46.3 Å². The molecule has 1 atom stereocenters. The third-order valence-electron chi connectivity index (χ3n) is 5.61. The van der Waals surface area contributed by atoms with E-state index in [0.717, 1.165) is 15.7 Å². The highest BCUT2D eigenvalue weighted by molar-refractivity contribution is 6.42. The first-order valence-corrected chi connectivity index (χ1v) is 13.4. The van der Waals surface area contributed by atoms with Crippen LogP contribution in [0.3, 0.4) is 0 Å². The molecule has 11 heteroatoms. The summed E-state index contributed by atoms with van der Waals surface area (Å²) >= 11 is 12.2. The van der Waals surface area contributed by atoms with E-state index >= 15 is 0 Å². The Morgan fingerprint density at radius 2 is 1.77 bits per heavy atom. The van der Waals surface area contributed by atoms with E-state index < -0.39 is 5.69 Å². The lowest BCUT2D eigenvalue weighted by Crippen LogP contribution is -2.39. The van der Waals surface area contributed by atoms with Crippen LogP contribution in [0.1, 0.15) is 44.4 Å². The first kappa shape index (κ1) is 31.9. The van der Waals surface area contributed by atoms with Gasteiger partial charge in [0.15, 0.2) is 11.5 Å². The largest absolute Gasteiger partial charge is 0.493 e. The number of ether oxygens (including phenoxy) is 3. The van der Waals surface area contributed by atoms with E-state index in [1.165, 1.54) is 23.9 Å². The summed E-state index contributed by atoms with van der Waals surface area (Å²) in [6, 6.07) is 11.6. The van der Waals surface area contributed by atoms with Crippen LogP contribution in [0, 0.1) is 0 Å². The molecule has 0 fully saturated rings. The zero-order valence-electron chi connectivity index (χ0n) is 22.8. The Bertz CT molecular complexity index is 1360. The Kier molecular flexibility index (Phi) is 13.1. The summed E-state index contributed by atoms with van der Waals surface area (Å²) < 4.78 is 18.8. The van der Waals surface area contributed by atoms with Gasteiger partial charge in [-0.3, -0.25) is 14.2 Å². The molecule has 0 bridgehead atoms. The van der Waals surface area contributed by atoms with Gasteiger partial charge in [0, 0.05) is 31.9 Å². The zero-order valence-corrected chi connectivity index (χ0v) is 24.3. The third kappa shape index (κ3) is 9.16. The van der Waals surface area contributed by atoms with E-state index in [9.17, 15) is 14.4 Å². The van der Waals surface area contributed by atoms with Gasteiger partial charge >= 0.3 is 11.7 Å². The number of nitrogens with zero attached hydrogens (tertiary/aromatic N) is 2. The third-order valence-corrected chi connectivity index (χ3v) is 6.35. The number of hydrogen-bond acceptors (Lipinski definition) is 7. The molecule has 0 aliphatic carbocycles. The summed E-state index contributed by atoms with van der Waals surface area (Å²) in [5.41, 5.74) is 0.881. The molecule has 1 heterocycles. The predicted octanol–water partition coefficient (Wildman–Crippen LogP) is 4.75. The number of halogens is 2. The normalized spacial score (nSPS) is 11.3. The first-order chi connectivity index (χ1) is 18.7. The molecular weight excluding hydrogens is 545 g/mol. The highest BCUT2D eigenvalue weighted by Gasteiger charge is 2.18. The standard InChI is InChI=1S/C26H29Cl2N3O6.C2H6/c1-4-36-25(33)15-21(18-6-7-19(27)20(28)14-18)29-16-17-5-8-22(23(13-17)35-3)37-12-11-31-24(32)9-10-30(2)26(31)34;1-2/h5-10,13-14,21,29H,4,11-12,15-16H2,1-3H3;1-2H3. The van der Waals surface area contributed by atoms with Crippen LogP contribution in [0.2, 0.25) is 10.0 Å². The topological polar surface area (TPSA) is 101 Å². The van der Waals surface area contributed by atoms with Crippen LogP contribution in [0.4, 0.5) is 0 Å². The van der Waals surface area contributed by atoms with Gasteiger partial charge in [-0.1, -0.05) is 49.2 Å². The number of aryl methyl sites for hydroxylation is 1. The lowest BCUT2D eigenvalue weighted by molar-refractivity contribution is -0.143. The zero-order chi connectivity index (χ0) is 28.9. The number of methoxy groups -OCH3 is 1.